The van der Waals surface area contributed by atoms with Crippen LogP contribution in [0.15, 0.2) is 36.5 Å². The number of hydrogen-bond acceptors (Lipinski definition) is 5. The molecule has 9 heteroatoms. The second-order valence-electron chi connectivity index (χ2n) is 9.32. The van der Waals surface area contributed by atoms with E-state index in [4.69, 9.17) is 4.98 Å². The van der Waals surface area contributed by atoms with Crippen molar-refractivity contribution in [3.8, 4) is 11.3 Å². The Morgan fingerprint density at radius 1 is 1.12 bits per heavy atom. The van der Waals surface area contributed by atoms with E-state index in [2.05, 4.69) is 50.3 Å². The third-order valence-corrected chi connectivity index (χ3v) is 8.99. The van der Waals surface area contributed by atoms with E-state index in [1.165, 1.54) is 0 Å². The van der Waals surface area contributed by atoms with E-state index >= 15 is 0 Å². The molecule has 3 unspecified atom stereocenters. The van der Waals surface area contributed by atoms with Gasteiger partial charge in [-0.1, -0.05) is 31.2 Å². The Labute approximate surface area is 186 Å². The summed E-state index contributed by atoms with van der Waals surface area (Å²) in [5, 5.41) is 9.01. The van der Waals surface area contributed by atoms with Crippen LogP contribution in [0, 0.1) is 12.8 Å². The molecule has 2 aliphatic rings. The molecule has 1 aromatic carbocycles. The van der Waals surface area contributed by atoms with E-state index in [1.54, 1.807) is 0 Å². The summed E-state index contributed by atoms with van der Waals surface area (Å²) in [5.41, 5.74) is 5.41. The average Bonchev–Trinajstić information content (AvgIpc) is 3.22. The van der Waals surface area contributed by atoms with Crippen LogP contribution in [0.2, 0.25) is 0 Å². The Morgan fingerprint density at radius 2 is 1.94 bits per heavy atom. The number of hydrogen-bond donors (Lipinski definition) is 2. The molecule has 2 fully saturated rings. The molecule has 3 atom stereocenters. The summed E-state index contributed by atoms with van der Waals surface area (Å²) in [7, 11) is -3.21. The lowest BCUT2D eigenvalue weighted by atomic mass is 9.97. The van der Waals surface area contributed by atoms with Crippen LogP contribution in [0.25, 0.3) is 28.1 Å². The molecule has 32 heavy (non-hydrogen) atoms. The standard InChI is InChI=1S/C23H26N6O2S/c1-13-5-3-4-6-17(13)20-23-27-26-22(29(23)19-9-10-24-21(19)25-20)18-12-15(11-14(18)2)28-32(30,31)16-7-8-16/h3-6,9-10,14-16,18,24,28H,7-8,11-12H2,1-2H3. The second kappa shape index (κ2) is 7.11. The predicted octanol–water partition coefficient (Wildman–Crippen LogP) is 3.54. The SMILES string of the molecule is Cc1ccccc1-c1nc2[nH]ccc2n2c(C3CC(NS(=O)(=O)C4CC4)CC3C)nnc12. The molecule has 2 N–H and O–H groups in total. The fraction of sp³-hybridized carbons (Fsp3) is 0.435. The first-order valence-electron chi connectivity index (χ1n) is 11.2. The first-order chi connectivity index (χ1) is 15.4. The van der Waals surface area contributed by atoms with Gasteiger partial charge in [0.05, 0.1) is 10.8 Å². The smallest absolute Gasteiger partial charge is 0.214 e. The molecule has 0 radical (unpaired) electrons. The van der Waals surface area contributed by atoms with Crippen LogP contribution >= 0.6 is 0 Å². The minimum atomic E-state index is -3.21. The molecule has 0 spiro atoms. The molecule has 3 heterocycles. The lowest BCUT2D eigenvalue weighted by molar-refractivity contribution is 0.505. The van der Waals surface area contributed by atoms with E-state index in [-0.39, 0.29) is 17.2 Å². The number of nitrogens with one attached hydrogen (secondary N) is 2. The minimum absolute atomic E-state index is 0.0626. The summed E-state index contributed by atoms with van der Waals surface area (Å²) < 4.78 is 30.0. The highest BCUT2D eigenvalue weighted by molar-refractivity contribution is 7.90. The number of benzene rings is 1. The van der Waals surface area contributed by atoms with Gasteiger partial charge in [0.1, 0.15) is 11.5 Å². The number of rotatable bonds is 5. The highest BCUT2D eigenvalue weighted by atomic mass is 32.2. The van der Waals surface area contributed by atoms with Crippen molar-refractivity contribution in [1.82, 2.24) is 29.3 Å². The Hall–Kier alpha value is -2.78. The summed E-state index contributed by atoms with van der Waals surface area (Å²) in [5.74, 6) is 1.28. The fourth-order valence-electron chi connectivity index (χ4n) is 5.14. The van der Waals surface area contributed by atoms with E-state index in [1.807, 2.05) is 24.4 Å². The van der Waals surface area contributed by atoms with Crippen molar-refractivity contribution in [2.75, 3.05) is 0 Å². The lowest BCUT2D eigenvalue weighted by Crippen LogP contribution is -2.35. The van der Waals surface area contributed by atoms with Gasteiger partial charge in [-0.15, -0.1) is 10.2 Å². The number of nitrogens with zero attached hydrogens (tertiary/aromatic N) is 4. The molecule has 0 aliphatic heterocycles. The zero-order valence-electron chi connectivity index (χ0n) is 18.1. The number of aromatic amines is 1. The van der Waals surface area contributed by atoms with Gasteiger partial charge >= 0.3 is 0 Å². The van der Waals surface area contributed by atoms with Crippen molar-refractivity contribution < 1.29 is 8.42 Å². The Bertz CT molecular complexity index is 1440. The van der Waals surface area contributed by atoms with Gasteiger partial charge in [0.15, 0.2) is 11.3 Å². The largest absolute Gasteiger partial charge is 0.345 e. The van der Waals surface area contributed by atoms with Gasteiger partial charge in [-0.25, -0.2) is 18.1 Å². The number of sulfonamides is 1. The maximum Gasteiger partial charge on any atom is 0.214 e. The Kier molecular flexibility index (Phi) is 4.42. The van der Waals surface area contributed by atoms with Gasteiger partial charge in [-0.05, 0) is 50.2 Å². The van der Waals surface area contributed by atoms with Crippen LogP contribution in [0.4, 0.5) is 0 Å². The molecule has 0 bridgehead atoms. The van der Waals surface area contributed by atoms with Crippen molar-refractivity contribution in [3.63, 3.8) is 0 Å². The van der Waals surface area contributed by atoms with Crippen LogP contribution in [-0.2, 0) is 10.0 Å². The highest BCUT2D eigenvalue weighted by Crippen LogP contribution is 2.41. The summed E-state index contributed by atoms with van der Waals surface area (Å²) >= 11 is 0. The highest BCUT2D eigenvalue weighted by Gasteiger charge is 2.41. The predicted molar refractivity (Wildman–Crippen MR) is 123 cm³/mol. The maximum absolute atomic E-state index is 12.5. The quantitative estimate of drug-likeness (QED) is 0.484. The fourth-order valence-corrected chi connectivity index (χ4v) is 6.75. The molecule has 0 saturated heterocycles. The average molecular weight is 451 g/mol. The second-order valence-corrected chi connectivity index (χ2v) is 11.3. The van der Waals surface area contributed by atoms with E-state index in [9.17, 15) is 8.42 Å². The first kappa shape index (κ1) is 19.9. The summed E-state index contributed by atoms with van der Waals surface area (Å²) in [4.78, 5) is 8.11. The van der Waals surface area contributed by atoms with Crippen molar-refractivity contribution in [2.24, 2.45) is 5.92 Å². The molecule has 2 aliphatic carbocycles. The van der Waals surface area contributed by atoms with E-state index in [0.717, 1.165) is 65.1 Å². The van der Waals surface area contributed by atoms with Crippen LogP contribution in [-0.4, -0.2) is 44.3 Å². The monoisotopic (exact) mass is 450 g/mol. The van der Waals surface area contributed by atoms with Crippen LogP contribution in [0.5, 0.6) is 0 Å². The van der Waals surface area contributed by atoms with Gasteiger partial charge in [0, 0.05) is 23.7 Å². The van der Waals surface area contributed by atoms with Crippen molar-refractivity contribution in [1.29, 1.82) is 0 Å². The zero-order valence-corrected chi connectivity index (χ0v) is 18.9. The summed E-state index contributed by atoms with van der Waals surface area (Å²) in [6.07, 6.45) is 4.96. The first-order valence-corrected chi connectivity index (χ1v) is 12.8. The Morgan fingerprint density at radius 3 is 2.72 bits per heavy atom. The molecular weight excluding hydrogens is 424 g/mol. The van der Waals surface area contributed by atoms with Crippen LogP contribution < -0.4 is 4.72 Å². The molecule has 166 valence electrons. The zero-order chi connectivity index (χ0) is 22.0. The molecule has 0 amide bonds. The summed E-state index contributed by atoms with van der Waals surface area (Å²) in [6.45, 7) is 4.24. The normalized spacial score (nSPS) is 24.0. The molecule has 2 saturated carbocycles. The number of fused-ring (bicyclic) bond motifs is 3. The van der Waals surface area contributed by atoms with Crippen LogP contribution in [0.3, 0.4) is 0 Å². The molecule has 3 aromatic heterocycles. The molecule has 6 rings (SSSR count). The topological polar surface area (TPSA) is 105 Å². The minimum Gasteiger partial charge on any atom is -0.345 e. The third kappa shape index (κ3) is 3.14. The van der Waals surface area contributed by atoms with Gasteiger partial charge in [0.25, 0.3) is 0 Å². The number of H-pyrrole nitrogens is 1. The Balaban J connectivity index is 1.44. The van der Waals surface area contributed by atoms with Crippen molar-refractivity contribution in [3.05, 3.63) is 47.9 Å². The van der Waals surface area contributed by atoms with Crippen molar-refractivity contribution in [2.45, 2.75) is 56.7 Å². The lowest BCUT2D eigenvalue weighted by Gasteiger charge is -2.15. The molecule has 4 aromatic rings. The van der Waals surface area contributed by atoms with Gasteiger partial charge in [-0.3, -0.25) is 4.40 Å². The summed E-state index contributed by atoms with van der Waals surface area (Å²) in [6, 6.07) is 10.1. The molecular formula is C23H26N6O2S. The van der Waals surface area contributed by atoms with Gasteiger partial charge in [-0.2, -0.15) is 0 Å². The van der Waals surface area contributed by atoms with E-state index < -0.39 is 10.0 Å². The van der Waals surface area contributed by atoms with Crippen molar-refractivity contribution >= 4 is 26.8 Å². The van der Waals surface area contributed by atoms with Gasteiger partial charge in [0.2, 0.25) is 10.0 Å². The van der Waals surface area contributed by atoms with Gasteiger partial charge < -0.3 is 4.98 Å². The maximum atomic E-state index is 12.5. The number of aromatic nitrogens is 5. The van der Waals surface area contributed by atoms with E-state index in [0.29, 0.717) is 5.92 Å². The van der Waals surface area contributed by atoms with Crippen LogP contribution in [0.1, 0.15) is 49.9 Å². The molecule has 8 nitrogen and oxygen atoms in total. The number of aryl methyl sites for hydroxylation is 1. The third-order valence-electron chi connectivity index (χ3n) is 6.98.